The summed E-state index contributed by atoms with van der Waals surface area (Å²) < 4.78 is 3.89. The molecule has 0 unspecified atom stereocenters. The molecule has 0 saturated heterocycles. The van der Waals surface area contributed by atoms with E-state index in [-0.39, 0.29) is 11.9 Å². The third-order valence-electron chi connectivity index (χ3n) is 5.91. The summed E-state index contributed by atoms with van der Waals surface area (Å²) in [5, 5.41) is 5.26. The number of carbonyl (C=O) groups excluding carboxylic acids is 1. The molecule has 0 bridgehead atoms. The Morgan fingerprint density at radius 3 is 2.66 bits per heavy atom. The van der Waals surface area contributed by atoms with Crippen LogP contribution in [0.3, 0.4) is 0 Å². The van der Waals surface area contributed by atoms with Crippen LogP contribution in [0.2, 0.25) is 0 Å². The van der Waals surface area contributed by atoms with E-state index >= 15 is 0 Å². The minimum atomic E-state index is -0.258. The lowest BCUT2D eigenvalue weighted by Crippen LogP contribution is -2.22. The lowest BCUT2D eigenvalue weighted by Gasteiger charge is -2.10. The summed E-state index contributed by atoms with van der Waals surface area (Å²) in [4.78, 5) is 22.8. The maximum Gasteiger partial charge on any atom is 0.279 e. The van der Waals surface area contributed by atoms with Crippen LogP contribution >= 0.6 is 0 Å². The Bertz CT molecular complexity index is 1360. The smallest absolute Gasteiger partial charge is 0.279 e. The van der Waals surface area contributed by atoms with Crippen LogP contribution in [0.1, 0.15) is 65.8 Å². The molecule has 6 heteroatoms. The highest BCUT2D eigenvalue weighted by molar-refractivity contribution is 6.06. The Labute approximate surface area is 187 Å². The fourth-order valence-electron chi connectivity index (χ4n) is 3.94. The number of amides is 1. The van der Waals surface area contributed by atoms with Crippen LogP contribution < -0.4 is 5.49 Å². The minimum absolute atomic E-state index is 0.167. The number of pyridine rings is 2. The van der Waals surface area contributed by atoms with E-state index in [9.17, 15) is 4.79 Å². The van der Waals surface area contributed by atoms with Gasteiger partial charge < -0.3 is 4.57 Å². The Kier molecular flexibility index (Phi) is 5.21. The topological polar surface area (TPSA) is 65.1 Å². The van der Waals surface area contributed by atoms with E-state index in [0.717, 1.165) is 35.1 Å². The third-order valence-corrected chi connectivity index (χ3v) is 5.91. The molecule has 0 radical (unpaired) electrons. The first kappa shape index (κ1) is 20.4. The molecule has 4 aromatic rings. The van der Waals surface area contributed by atoms with Gasteiger partial charge >= 0.3 is 0 Å². The van der Waals surface area contributed by atoms with Crippen LogP contribution in [0.5, 0.6) is 0 Å². The van der Waals surface area contributed by atoms with Gasteiger partial charge in [0.1, 0.15) is 5.49 Å². The Morgan fingerprint density at radius 1 is 1.16 bits per heavy atom. The summed E-state index contributed by atoms with van der Waals surface area (Å²) in [5.41, 5.74) is 5.34. The number of hydrogen-bond acceptors (Lipinski definition) is 3. The molecule has 1 aromatic carbocycles. The van der Waals surface area contributed by atoms with Gasteiger partial charge in [0.25, 0.3) is 5.91 Å². The molecule has 3 aromatic heterocycles. The molecule has 0 N–H and O–H groups in total. The van der Waals surface area contributed by atoms with Gasteiger partial charge in [-0.1, -0.05) is 35.9 Å². The molecule has 3 heterocycles. The lowest BCUT2D eigenvalue weighted by molar-refractivity contribution is 0.0998. The van der Waals surface area contributed by atoms with Gasteiger partial charge in [-0.3, -0.25) is 4.79 Å². The van der Waals surface area contributed by atoms with Gasteiger partial charge in [-0.25, -0.2) is 9.67 Å². The molecule has 0 spiro atoms. The standard InChI is InChI=1S/C26H27N5O/c1-17(2)31-25-22(15-27-31)21(14-23(28-25)20-11-12-20)26(32)29-24-6-4-5-13-30(24)16-19-9-7-18(3)8-10-19/h4-10,13-15,17,20H,11-12,16H2,1-3H3. The summed E-state index contributed by atoms with van der Waals surface area (Å²) in [5.74, 6) is 0.177. The predicted octanol–water partition coefficient (Wildman–Crippen LogP) is 4.79. The molecule has 0 aliphatic heterocycles. The first-order valence-corrected chi connectivity index (χ1v) is 11.2. The number of fused-ring (bicyclic) bond motifs is 1. The minimum Gasteiger partial charge on any atom is -0.328 e. The maximum atomic E-state index is 13.4. The average molecular weight is 426 g/mol. The Balaban J connectivity index is 1.57. The van der Waals surface area contributed by atoms with Crippen LogP contribution in [-0.4, -0.2) is 25.2 Å². The van der Waals surface area contributed by atoms with Gasteiger partial charge in [-0.05, 0) is 57.4 Å². The zero-order chi connectivity index (χ0) is 22.2. The SMILES string of the molecule is Cc1ccc(Cn2ccccc2=NC(=O)c2cc(C3CC3)nc3c2cnn3C(C)C)cc1. The van der Waals surface area contributed by atoms with Crippen molar-refractivity contribution in [1.82, 2.24) is 19.3 Å². The van der Waals surface area contributed by atoms with E-state index in [1.165, 1.54) is 5.56 Å². The van der Waals surface area contributed by atoms with E-state index in [2.05, 4.69) is 55.1 Å². The molecule has 162 valence electrons. The highest BCUT2D eigenvalue weighted by atomic mass is 16.1. The van der Waals surface area contributed by atoms with Crippen molar-refractivity contribution >= 4 is 16.9 Å². The van der Waals surface area contributed by atoms with E-state index in [4.69, 9.17) is 4.98 Å². The van der Waals surface area contributed by atoms with Crippen LogP contribution in [-0.2, 0) is 6.54 Å². The zero-order valence-corrected chi connectivity index (χ0v) is 18.7. The van der Waals surface area contributed by atoms with Gasteiger partial charge in [0.05, 0.1) is 17.1 Å². The number of rotatable bonds is 5. The number of nitrogens with zero attached hydrogens (tertiary/aromatic N) is 5. The summed E-state index contributed by atoms with van der Waals surface area (Å²) >= 11 is 0. The summed E-state index contributed by atoms with van der Waals surface area (Å²) in [6.07, 6.45) is 5.94. The first-order valence-electron chi connectivity index (χ1n) is 11.2. The molecule has 1 fully saturated rings. The van der Waals surface area contributed by atoms with Crippen molar-refractivity contribution in [3.8, 4) is 0 Å². The first-order chi connectivity index (χ1) is 15.5. The molecule has 5 rings (SSSR count). The maximum absolute atomic E-state index is 13.4. The van der Waals surface area contributed by atoms with Gasteiger partial charge in [0, 0.05) is 30.4 Å². The third kappa shape index (κ3) is 4.00. The second-order valence-corrected chi connectivity index (χ2v) is 8.88. The van der Waals surface area contributed by atoms with Crippen molar-refractivity contribution < 1.29 is 4.79 Å². The summed E-state index contributed by atoms with van der Waals surface area (Å²) in [6.45, 7) is 6.87. The second kappa shape index (κ2) is 8.19. The van der Waals surface area contributed by atoms with E-state index in [0.29, 0.717) is 23.5 Å². The van der Waals surface area contributed by atoms with Gasteiger partial charge in [0.15, 0.2) is 5.65 Å². The van der Waals surface area contributed by atoms with E-state index in [1.807, 2.05) is 39.7 Å². The number of carbonyl (C=O) groups is 1. The number of hydrogen-bond donors (Lipinski definition) is 0. The highest BCUT2D eigenvalue weighted by Crippen LogP contribution is 2.40. The van der Waals surface area contributed by atoms with Crippen molar-refractivity contribution in [3.63, 3.8) is 0 Å². The Morgan fingerprint density at radius 2 is 1.94 bits per heavy atom. The molecule has 6 nitrogen and oxygen atoms in total. The molecule has 1 aliphatic rings. The van der Waals surface area contributed by atoms with Crippen molar-refractivity contribution in [1.29, 1.82) is 0 Å². The second-order valence-electron chi connectivity index (χ2n) is 8.88. The van der Waals surface area contributed by atoms with Crippen LogP contribution in [0.25, 0.3) is 11.0 Å². The van der Waals surface area contributed by atoms with Crippen molar-refractivity contribution in [2.24, 2.45) is 4.99 Å². The molecule has 32 heavy (non-hydrogen) atoms. The van der Waals surface area contributed by atoms with E-state index in [1.54, 1.807) is 6.20 Å². The molecule has 1 aliphatic carbocycles. The van der Waals surface area contributed by atoms with Crippen LogP contribution in [0.4, 0.5) is 0 Å². The predicted molar refractivity (Wildman–Crippen MR) is 124 cm³/mol. The summed E-state index contributed by atoms with van der Waals surface area (Å²) in [6, 6.07) is 16.2. The normalized spacial score (nSPS) is 14.4. The van der Waals surface area contributed by atoms with Gasteiger partial charge in [-0.2, -0.15) is 10.1 Å². The molecular weight excluding hydrogens is 398 g/mol. The van der Waals surface area contributed by atoms with Crippen LogP contribution in [0.15, 0.2) is 65.9 Å². The monoisotopic (exact) mass is 425 g/mol. The van der Waals surface area contributed by atoms with Gasteiger partial charge in [-0.15, -0.1) is 0 Å². The number of aryl methyl sites for hydroxylation is 1. The largest absolute Gasteiger partial charge is 0.328 e. The quantitative estimate of drug-likeness (QED) is 0.462. The van der Waals surface area contributed by atoms with Crippen molar-refractivity contribution in [2.45, 2.75) is 52.1 Å². The molecule has 1 saturated carbocycles. The Hall–Kier alpha value is -3.54. The average Bonchev–Trinajstić information content (AvgIpc) is 3.54. The molecule has 1 amide bonds. The molecular formula is C26H27N5O. The number of aromatic nitrogens is 4. The van der Waals surface area contributed by atoms with Crippen molar-refractivity contribution in [3.05, 3.63) is 88.8 Å². The van der Waals surface area contributed by atoms with Crippen LogP contribution in [0, 0.1) is 6.92 Å². The van der Waals surface area contributed by atoms with Gasteiger partial charge in [0.2, 0.25) is 0 Å². The number of benzene rings is 1. The lowest BCUT2D eigenvalue weighted by atomic mass is 10.1. The summed E-state index contributed by atoms with van der Waals surface area (Å²) in [7, 11) is 0. The van der Waals surface area contributed by atoms with Crippen molar-refractivity contribution in [2.75, 3.05) is 0 Å². The van der Waals surface area contributed by atoms with E-state index < -0.39 is 0 Å². The zero-order valence-electron chi connectivity index (χ0n) is 18.7. The fourth-order valence-corrected chi connectivity index (χ4v) is 3.94. The molecule has 0 atom stereocenters. The fraction of sp³-hybridized carbons (Fsp3) is 0.308. The highest BCUT2D eigenvalue weighted by Gasteiger charge is 2.28.